The zero-order valence-electron chi connectivity index (χ0n) is 10.9. The van der Waals surface area contributed by atoms with Crippen LogP contribution >= 0.6 is 22.6 Å². The number of ether oxygens (including phenoxy) is 1. The fraction of sp³-hybridized carbons (Fsp3) is 0.462. The van der Waals surface area contributed by atoms with Crippen molar-refractivity contribution in [3.8, 4) is 0 Å². The second-order valence-corrected chi connectivity index (χ2v) is 8.19. The van der Waals surface area contributed by atoms with Gasteiger partial charge in [-0.2, -0.15) is 0 Å². The first-order valence-electron chi connectivity index (χ1n) is 6.32. The second kappa shape index (κ2) is 6.86. The van der Waals surface area contributed by atoms with Crippen molar-refractivity contribution < 1.29 is 17.9 Å². The highest BCUT2D eigenvalue weighted by atomic mass is 127. The molecule has 0 aromatic heterocycles. The first-order chi connectivity index (χ1) is 9.46. The quantitative estimate of drug-likeness (QED) is 0.552. The molecule has 20 heavy (non-hydrogen) atoms. The van der Waals surface area contributed by atoms with E-state index in [0.717, 1.165) is 3.57 Å². The van der Waals surface area contributed by atoms with Crippen LogP contribution in [-0.2, 0) is 14.6 Å². The topological polar surface area (TPSA) is 63.7 Å². The smallest absolute Gasteiger partial charge is 0.338 e. The minimum absolute atomic E-state index is 0.193. The molecule has 0 N–H and O–H groups in total. The van der Waals surface area contributed by atoms with Gasteiger partial charge >= 0.3 is 5.97 Å². The molecule has 0 unspecified atom stereocenters. The number of carbonyl (C=O) groups excluding carboxylic acids is 1. The molecule has 1 aromatic carbocycles. The number of carbonyl (C=O) groups is 1. The third kappa shape index (κ3) is 4.71. The van der Waals surface area contributed by atoms with Crippen molar-refractivity contribution in [1.29, 1.82) is 0 Å². The summed E-state index contributed by atoms with van der Waals surface area (Å²) in [6, 6.07) is 7.18. The van der Waals surface area contributed by atoms with Crippen LogP contribution in [0.2, 0.25) is 0 Å². The van der Waals surface area contributed by atoms with Crippen molar-refractivity contribution in [2.75, 3.05) is 37.7 Å². The first-order valence-corrected chi connectivity index (χ1v) is 9.22. The molecule has 0 spiro atoms. The van der Waals surface area contributed by atoms with Gasteiger partial charge in [-0.1, -0.05) is 0 Å². The van der Waals surface area contributed by atoms with Crippen LogP contribution in [0.4, 0.5) is 0 Å². The summed E-state index contributed by atoms with van der Waals surface area (Å²) in [6.07, 6.45) is 0. The monoisotopic (exact) mass is 409 g/mol. The van der Waals surface area contributed by atoms with Crippen molar-refractivity contribution in [1.82, 2.24) is 4.90 Å². The first kappa shape index (κ1) is 15.7. The van der Waals surface area contributed by atoms with E-state index in [-0.39, 0.29) is 24.1 Å². The number of nitrogens with zero attached hydrogens (tertiary/aromatic N) is 1. The maximum atomic E-state index is 11.8. The molecule has 0 bridgehead atoms. The molecule has 1 heterocycles. The Morgan fingerprint density at radius 1 is 1.20 bits per heavy atom. The van der Waals surface area contributed by atoms with E-state index in [1.54, 1.807) is 12.1 Å². The Labute approximate surface area is 132 Å². The molecule has 0 radical (unpaired) electrons. The van der Waals surface area contributed by atoms with Gasteiger partial charge in [-0.05, 0) is 46.9 Å². The number of hydrogen-bond donors (Lipinski definition) is 0. The van der Waals surface area contributed by atoms with Gasteiger partial charge in [0.05, 0.1) is 17.1 Å². The van der Waals surface area contributed by atoms with Crippen LogP contribution < -0.4 is 0 Å². The van der Waals surface area contributed by atoms with Crippen molar-refractivity contribution in [2.24, 2.45) is 0 Å². The lowest BCUT2D eigenvalue weighted by Crippen LogP contribution is -2.41. The average molecular weight is 409 g/mol. The van der Waals surface area contributed by atoms with Gasteiger partial charge in [0, 0.05) is 23.2 Å². The molecule has 1 fully saturated rings. The van der Waals surface area contributed by atoms with Gasteiger partial charge in [0.1, 0.15) is 6.61 Å². The number of sulfone groups is 1. The minimum Gasteiger partial charge on any atom is -0.461 e. The number of hydrogen-bond acceptors (Lipinski definition) is 5. The Kier molecular flexibility index (Phi) is 5.39. The van der Waals surface area contributed by atoms with Crippen LogP contribution in [0.5, 0.6) is 0 Å². The summed E-state index contributed by atoms with van der Waals surface area (Å²) in [6.45, 7) is 1.89. The number of halogens is 1. The van der Waals surface area contributed by atoms with Crippen molar-refractivity contribution in [3.63, 3.8) is 0 Å². The standard InChI is InChI=1S/C13H16INO4S/c14-12-3-1-11(2-4-12)13(16)19-8-5-15-6-9-20(17,18)10-7-15/h1-4H,5-10H2. The van der Waals surface area contributed by atoms with Crippen LogP contribution in [0.3, 0.4) is 0 Å². The third-order valence-corrected chi connectivity index (χ3v) is 5.49. The second-order valence-electron chi connectivity index (χ2n) is 4.64. The Hall–Kier alpha value is -0.670. The normalized spacial score (nSPS) is 18.6. The highest BCUT2D eigenvalue weighted by Crippen LogP contribution is 2.08. The summed E-state index contributed by atoms with van der Waals surface area (Å²) >= 11 is 2.17. The largest absolute Gasteiger partial charge is 0.461 e. The van der Waals surface area contributed by atoms with Crippen LogP contribution in [0.25, 0.3) is 0 Å². The lowest BCUT2D eigenvalue weighted by molar-refractivity contribution is 0.0465. The van der Waals surface area contributed by atoms with Crippen LogP contribution in [0, 0.1) is 3.57 Å². The van der Waals surface area contributed by atoms with Gasteiger partial charge in [0.25, 0.3) is 0 Å². The fourth-order valence-corrected chi connectivity index (χ4v) is 3.55. The maximum absolute atomic E-state index is 11.8. The maximum Gasteiger partial charge on any atom is 0.338 e. The highest BCUT2D eigenvalue weighted by Gasteiger charge is 2.21. The zero-order chi connectivity index (χ0) is 14.6. The summed E-state index contributed by atoms with van der Waals surface area (Å²) in [4.78, 5) is 13.8. The number of benzene rings is 1. The molecule has 1 saturated heterocycles. The third-order valence-electron chi connectivity index (χ3n) is 3.16. The van der Waals surface area contributed by atoms with E-state index in [9.17, 15) is 13.2 Å². The van der Waals surface area contributed by atoms with E-state index in [4.69, 9.17) is 4.74 Å². The molecule has 1 aromatic rings. The molecule has 0 atom stereocenters. The number of rotatable bonds is 4. The highest BCUT2D eigenvalue weighted by molar-refractivity contribution is 14.1. The molecule has 110 valence electrons. The zero-order valence-corrected chi connectivity index (χ0v) is 13.9. The van der Waals surface area contributed by atoms with E-state index in [0.29, 0.717) is 25.2 Å². The van der Waals surface area contributed by atoms with Crippen LogP contribution in [-0.4, -0.2) is 57.0 Å². The Morgan fingerprint density at radius 2 is 1.80 bits per heavy atom. The molecule has 1 aliphatic heterocycles. The summed E-state index contributed by atoms with van der Waals surface area (Å²) in [5, 5.41) is 0. The van der Waals surface area contributed by atoms with E-state index in [1.165, 1.54) is 0 Å². The van der Waals surface area contributed by atoms with Crippen molar-refractivity contribution >= 4 is 38.4 Å². The summed E-state index contributed by atoms with van der Waals surface area (Å²) < 4.78 is 28.8. The van der Waals surface area contributed by atoms with Crippen LogP contribution in [0.15, 0.2) is 24.3 Å². The van der Waals surface area contributed by atoms with E-state index in [1.807, 2.05) is 17.0 Å². The SMILES string of the molecule is O=C(OCCN1CCS(=O)(=O)CC1)c1ccc(I)cc1. The fourth-order valence-electron chi connectivity index (χ4n) is 1.91. The van der Waals surface area contributed by atoms with E-state index < -0.39 is 9.84 Å². The van der Waals surface area contributed by atoms with Crippen molar-refractivity contribution in [3.05, 3.63) is 33.4 Å². The van der Waals surface area contributed by atoms with E-state index in [2.05, 4.69) is 22.6 Å². The Bertz CT molecular complexity index is 557. The molecular formula is C13H16INO4S. The molecule has 5 nitrogen and oxygen atoms in total. The Morgan fingerprint density at radius 3 is 2.40 bits per heavy atom. The lowest BCUT2D eigenvalue weighted by Gasteiger charge is -2.26. The molecule has 0 saturated carbocycles. The van der Waals surface area contributed by atoms with Gasteiger partial charge in [-0.25, -0.2) is 13.2 Å². The predicted molar refractivity (Wildman–Crippen MR) is 84.5 cm³/mol. The molecule has 7 heteroatoms. The molecule has 0 amide bonds. The van der Waals surface area contributed by atoms with Gasteiger partial charge in [-0.3, -0.25) is 4.90 Å². The minimum atomic E-state index is -2.85. The molecular weight excluding hydrogens is 393 g/mol. The van der Waals surface area contributed by atoms with Gasteiger partial charge in [0.15, 0.2) is 9.84 Å². The lowest BCUT2D eigenvalue weighted by atomic mass is 10.2. The molecule has 0 aliphatic carbocycles. The molecule has 1 aliphatic rings. The summed E-state index contributed by atoms with van der Waals surface area (Å²) in [5.41, 5.74) is 0.534. The van der Waals surface area contributed by atoms with Gasteiger partial charge < -0.3 is 4.74 Å². The average Bonchev–Trinajstić information content (AvgIpc) is 2.41. The van der Waals surface area contributed by atoms with Gasteiger partial charge in [0.2, 0.25) is 0 Å². The predicted octanol–water partition coefficient (Wildman–Crippen LogP) is 1.18. The van der Waals surface area contributed by atoms with Crippen LogP contribution in [0.1, 0.15) is 10.4 Å². The van der Waals surface area contributed by atoms with Crippen molar-refractivity contribution in [2.45, 2.75) is 0 Å². The van der Waals surface area contributed by atoms with Gasteiger partial charge in [-0.15, -0.1) is 0 Å². The summed E-state index contributed by atoms with van der Waals surface area (Å²) in [7, 11) is -2.85. The Balaban J connectivity index is 1.73. The molecule has 2 rings (SSSR count). The summed E-state index contributed by atoms with van der Waals surface area (Å²) in [5.74, 6) is 0.0434. The van der Waals surface area contributed by atoms with E-state index >= 15 is 0 Å². The number of esters is 1.